The van der Waals surface area contributed by atoms with Gasteiger partial charge >= 0.3 is 0 Å². The van der Waals surface area contributed by atoms with Crippen molar-refractivity contribution >= 4 is 31.9 Å². The van der Waals surface area contributed by atoms with Crippen molar-refractivity contribution in [3.05, 3.63) is 4.88 Å². The third-order valence-corrected chi connectivity index (χ3v) is 6.32. The van der Waals surface area contributed by atoms with Crippen molar-refractivity contribution in [2.75, 3.05) is 30.0 Å². The first-order chi connectivity index (χ1) is 9.75. The van der Waals surface area contributed by atoms with Gasteiger partial charge in [0.15, 0.2) is 9.84 Å². The molecule has 8 heteroatoms. The van der Waals surface area contributed by atoms with Crippen molar-refractivity contribution in [2.24, 2.45) is 5.92 Å². The van der Waals surface area contributed by atoms with Crippen LogP contribution in [0.3, 0.4) is 0 Å². The smallest absolute Gasteiger partial charge is 0.180 e. The summed E-state index contributed by atoms with van der Waals surface area (Å²) in [6, 6.07) is 1.96. The molecule has 1 aliphatic heterocycles. The number of thiophene rings is 1. The number of nitrogen functional groups attached to an aromatic ring is 1. The minimum atomic E-state index is -3.49. The predicted octanol–water partition coefficient (Wildman–Crippen LogP) is 1.20. The highest BCUT2D eigenvalue weighted by Gasteiger charge is 2.30. The van der Waals surface area contributed by atoms with Gasteiger partial charge in [0.1, 0.15) is 20.8 Å². The summed E-state index contributed by atoms with van der Waals surface area (Å²) in [5, 5.41) is 19.2. The average Bonchev–Trinajstić information content (AvgIpc) is 2.75. The first kappa shape index (κ1) is 16.1. The second-order valence-electron chi connectivity index (χ2n) is 5.43. The SMILES string of the molecule is CC(O)C1CCN(c2sc(C#N)c(N)c2S(C)(=O)=O)CC1. The van der Waals surface area contributed by atoms with Gasteiger partial charge in [0.05, 0.1) is 11.8 Å². The Morgan fingerprint density at radius 1 is 1.48 bits per heavy atom. The molecule has 1 saturated heterocycles. The highest BCUT2D eigenvalue weighted by molar-refractivity contribution is 7.91. The Morgan fingerprint density at radius 3 is 2.48 bits per heavy atom. The molecule has 1 aliphatic rings. The maximum Gasteiger partial charge on any atom is 0.180 e. The predicted molar refractivity (Wildman–Crippen MR) is 83.2 cm³/mol. The number of anilines is 2. The van der Waals surface area contributed by atoms with Gasteiger partial charge in [-0.25, -0.2) is 8.42 Å². The Hall–Kier alpha value is -1.30. The van der Waals surface area contributed by atoms with E-state index >= 15 is 0 Å². The maximum atomic E-state index is 12.0. The Bertz CT molecular complexity index is 666. The summed E-state index contributed by atoms with van der Waals surface area (Å²) in [6.07, 6.45) is 2.34. The van der Waals surface area contributed by atoms with Gasteiger partial charge < -0.3 is 15.7 Å². The molecular weight excluding hydrogens is 310 g/mol. The molecule has 0 aliphatic carbocycles. The summed E-state index contributed by atoms with van der Waals surface area (Å²) < 4.78 is 23.9. The molecule has 1 aromatic heterocycles. The largest absolute Gasteiger partial charge is 0.396 e. The van der Waals surface area contributed by atoms with Crippen molar-refractivity contribution in [3.8, 4) is 6.07 Å². The molecule has 21 heavy (non-hydrogen) atoms. The molecule has 2 rings (SSSR count). The third kappa shape index (κ3) is 3.15. The normalized spacial score (nSPS) is 18.5. The van der Waals surface area contributed by atoms with Crippen molar-refractivity contribution in [1.29, 1.82) is 5.26 Å². The van der Waals surface area contributed by atoms with Crippen LogP contribution >= 0.6 is 11.3 Å². The summed E-state index contributed by atoms with van der Waals surface area (Å²) in [4.78, 5) is 2.26. The highest BCUT2D eigenvalue weighted by atomic mass is 32.2. The van der Waals surface area contributed by atoms with Gasteiger partial charge in [-0.05, 0) is 25.7 Å². The zero-order chi connectivity index (χ0) is 15.8. The van der Waals surface area contributed by atoms with Gasteiger partial charge in [-0.1, -0.05) is 0 Å². The topological polar surface area (TPSA) is 107 Å². The van der Waals surface area contributed by atoms with E-state index in [4.69, 9.17) is 11.0 Å². The van der Waals surface area contributed by atoms with E-state index < -0.39 is 9.84 Å². The van der Waals surface area contributed by atoms with Crippen molar-refractivity contribution in [3.63, 3.8) is 0 Å². The van der Waals surface area contributed by atoms with Crippen molar-refractivity contribution in [2.45, 2.75) is 30.8 Å². The maximum absolute atomic E-state index is 12.0. The van der Waals surface area contributed by atoms with Gasteiger partial charge in [-0.2, -0.15) is 5.26 Å². The number of hydrogen-bond donors (Lipinski definition) is 2. The van der Waals surface area contributed by atoms with Crippen LogP contribution in [-0.2, 0) is 9.84 Å². The fraction of sp³-hybridized carbons (Fsp3) is 0.615. The number of aliphatic hydroxyl groups excluding tert-OH is 1. The Kier molecular flexibility index (Phi) is 4.46. The zero-order valence-electron chi connectivity index (χ0n) is 12.0. The van der Waals surface area contributed by atoms with E-state index in [-0.39, 0.29) is 27.5 Å². The summed E-state index contributed by atoms with van der Waals surface area (Å²) in [5.41, 5.74) is 5.88. The first-order valence-corrected chi connectivity index (χ1v) is 9.42. The van der Waals surface area contributed by atoms with Crippen LogP contribution in [-0.4, -0.2) is 39.0 Å². The molecule has 1 aromatic rings. The lowest BCUT2D eigenvalue weighted by atomic mass is 9.92. The van der Waals surface area contributed by atoms with E-state index in [0.717, 1.165) is 30.4 Å². The van der Waals surface area contributed by atoms with Crippen LogP contribution in [0.4, 0.5) is 10.7 Å². The molecular formula is C13H19N3O3S2. The van der Waals surface area contributed by atoms with Crippen LogP contribution < -0.4 is 10.6 Å². The highest BCUT2D eigenvalue weighted by Crippen LogP contribution is 2.42. The van der Waals surface area contributed by atoms with Crippen LogP contribution in [0.5, 0.6) is 0 Å². The molecule has 6 nitrogen and oxygen atoms in total. The van der Waals surface area contributed by atoms with Gasteiger partial charge in [-0.15, -0.1) is 11.3 Å². The van der Waals surface area contributed by atoms with Gasteiger partial charge in [0.25, 0.3) is 0 Å². The molecule has 3 N–H and O–H groups in total. The lowest BCUT2D eigenvalue weighted by Gasteiger charge is -2.34. The number of aliphatic hydroxyl groups is 1. The van der Waals surface area contributed by atoms with E-state index in [9.17, 15) is 13.5 Å². The molecule has 2 heterocycles. The van der Waals surface area contributed by atoms with Crippen LogP contribution in [0.15, 0.2) is 4.90 Å². The van der Waals surface area contributed by atoms with Crippen LogP contribution in [0, 0.1) is 17.2 Å². The number of piperidine rings is 1. The average molecular weight is 329 g/mol. The van der Waals surface area contributed by atoms with E-state index in [1.807, 2.05) is 11.0 Å². The molecule has 116 valence electrons. The Balaban J connectivity index is 2.36. The zero-order valence-corrected chi connectivity index (χ0v) is 13.7. The van der Waals surface area contributed by atoms with E-state index in [1.165, 1.54) is 0 Å². The minimum absolute atomic E-state index is 0.0534. The number of sulfone groups is 1. The lowest BCUT2D eigenvalue weighted by molar-refractivity contribution is 0.110. The molecule has 0 amide bonds. The van der Waals surface area contributed by atoms with Gasteiger partial charge in [-0.3, -0.25) is 0 Å². The number of nitrogens with zero attached hydrogens (tertiary/aromatic N) is 2. The third-order valence-electron chi connectivity index (χ3n) is 3.86. The second kappa shape index (κ2) is 5.83. The quantitative estimate of drug-likeness (QED) is 0.863. The van der Waals surface area contributed by atoms with Gasteiger partial charge in [0.2, 0.25) is 0 Å². The van der Waals surface area contributed by atoms with Crippen LogP contribution in [0.2, 0.25) is 0 Å². The number of nitrogens with two attached hydrogens (primary N) is 1. The fourth-order valence-corrected chi connectivity index (χ4v) is 5.21. The summed E-state index contributed by atoms with van der Waals surface area (Å²) in [7, 11) is -3.49. The van der Waals surface area contributed by atoms with Crippen LogP contribution in [0.25, 0.3) is 0 Å². The molecule has 0 saturated carbocycles. The summed E-state index contributed by atoms with van der Waals surface area (Å²) in [5.74, 6) is 0.232. The first-order valence-electron chi connectivity index (χ1n) is 6.71. The van der Waals surface area contributed by atoms with Crippen LogP contribution in [0.1, 0.15) is 24.6 Å². The van der Waals surface area contributed by atoms with E-state index in [0.29, 0.717) is 18.1 Å². The Labute approximate surface area is 128 Å². The monoisotopic (exact) mass is 329 g/mol. The fourth-order valence-electron chi connectivity index (χ4n) is 2.65. The molecule has 0 radical (unpaired) electrons. The standard InChI is InChI=1S/C13H19N3O3S2/c1-8(17)9-3-5-16(6-4-9)13-12(21(2,18)19)11(15)10(7-14)20-13/h8-9,17H,3-6,15H2,1-2H3. The van der Waals surface area contributed by atoms with Gasteiger partial charge in [0, 0.05) is 19.3 Å². The number of nitriles is 1. The number of rotatable bonds is 3. The molecule has 1 fully saturated rings. The molecule has 1 atom stereocenters. The Morgan fingerprint density at radius 2 is 2.05 bits per heavy atom. The lowest BCUT2D eigenvalue weighted by Crippen LogP contribution is -2.37. The molecule has 0 aromatic carbocycles. The van der Waals surface area contributed by atoms with E-state index in [1.54, 1.807) is 6.92 Å². The number of hydrogen-bond acceptors (Lipinski definition) is 7. The molecule has 0 bridgehead atoms. The van der Waals surface area contributed by atoms with Crippen molar-refractivity contribution in [1.82, 2.24) is 0 Å². The van der Waals surface area contributed by atoms with E-state index in [2.05, 4.69) is 0 Å². The second-order valence-corrected chi connectivity index (χ2v) is 8.38. The summed E-state index contributed by atoms with van der Waals surface area (Å²) in [6.45, 7) is 3.09. The van der Waals surface area contributed by atoms with Crippen molar-refractivity contribution < 1.29 is 13.5 Å². The molecule has 0 spiro atoms. The summed E-state index contributed by atoms with van der Waals surface area (Å²) >= 11 is 1.13. The molecule has 1 unspecified atom stereocenters. The minimum Gasteiger partial charge on any atom is -0.396 e.